The number of carbonyl (C=O) groups is 3. The molecule has 1 aromatic heterocycles. The minimum Gasteiger partial charge on any atom is -0.343 e. The Morgan fingerprint density at radius 1 is 1.09 bits per heavy atom. The van der Waals surface area contributed by atoms with Gasteiger partial charge in [-0.2, -0.15) is 0 Å². The number of hydroxylamine groups is 2. The molecule has 1 heterocycles. The van der Waals surface area contributed by atoms with Crippen LogP contribution in [-0.4, -0.2) is 45.6 Å². The van der Waals surface area contributed by atoms with E-state index in [2.05, 4.69) is 15.6 Å². The van der Waals surface area contributed by atoms with Crippen molar-refractivity contribution in [3.05, 3.63) is 60.3 Å². The van der Waals surface area contributed by atoms with Crippen LogP contribution in [0.3, 0.4) is 0 Å². The molecule has 178 valence electrons. The maximum atomic E-state index is 13.3. The van der Waals surface area contributed by atoms with Crippen molar-refractivity contribution >= 4 is 24.0 Å². The summed E-state index contributed by atoms with van der Waals surface area (Å²) in [5.41, 5.74) is 0.554. The number of anilines is 1. The Hall–Kier alpha value is -3.26. The highest BCUT2D eigenvalue weighted by molar-refractivity contribution is 5.97. The van der Waals surface area contributed by atoms with Crippen molar-refractivity contribution in [1.29, 1.82) is 0 Å². The lowest BCUT2D eigenvalue weighted by Crippen LogP contribution is -2.55. The predicted octanol–water partition coefficient (Wildman–Crippen LogP) is 3.43. The molecule has 0 aliphatic rings. The van der Waals surface area contributed by atoms with E-state index in [-0.39, 0.29) is 12.3 Å². The minimum atomic E-state index is -0.848. The molecule has 3 atom stereocenters. The van der Waals surface area contributed by atoms with Crippen LogP contribution in [0.4, 0.5) is 5.82 Å². The van der Waals surface area contributed by atoms with Gasteiger partial charge in [-0.1, -0.05) is 57.2 Å². The van der Waals surface area contributed by atoms with Crippen LogP contribution in [0.25, 0.3) is 0 Å². The number of nitrogens with one attached hydrogen (secondary N) is 2. The van der Waals surface area contributed by atoms with Gasteiger partial charge in [0, 0.05) is 6.20 Å². The number of benzene rings is 1. The van der Waals surface area contributed by atoms with Crippen LogP contribution in [0.15, 0.2) is 54.7 Å². The third-order valence-electron chi connectivity index (χ3n) is 5.60. The zero-order valence-electron chi connectivity index (χ0n) is 19.7. The molecule has 0 saturated carbocycles. The van der Waals surface area contributed by atoms with E-state index in [9.17, 15) is 19.6 Å². The summed E-state index contributed by atoms with van der Waals surface area (Å²) in [6, 6.07) is 13.5. The van der Waals surface area contributed by atoms with Crippen LogP contribution < -0.4 is 10.6 Å². The van der Waals surface area contributed by atoms with E-state index in [0.717, 1.165) is 12.0 Å². The van der Waals surface area contributed by atoms with Crippen molar-refractivity contribution in [1.82, 2.24) is 15.4 Å². The van der Waals surface area contributed by atoms with Gasteiger partial charge in [0.25, 0.3) is 0 Å². The topological polar surface area (TPSA) is 112 Å². The standard InChI is InChI=1S/C25H34N4O4/c1-18(29(33)17-30)20(14-10-13-19-11-6-5-7-12-19)23(31)28-22(25(2,3)4)24(32)27-21-15-8-9-16-26-21/h5-9,11-12,15-18,20,22,33H,10,13-14H2,1-4H3,(H,28,31)(H,26,27,32)/t18-,20+,22+/m0/s1. The fourth-order valence-electron chi connectivity index (χ4n) is 3.60. The molecule has 33 heavy (non-hydrogen) atoms. The van der Waals surface area contributed by atoms with Gasteiger partial charge in [0.2, 0.25) is 18.2 Å². The number of pyridine rings is 1. The summed E-state index contributed by atoms with van der Waals surface area (Å²) in [5, 5.41) is 16.1. The number of aromatic nitrogens is 1. The molecule has 8 heteroatoms. The Balaban J connectivity index is 2.14. The Bertz CT molecular complexity index is 900. The smallest absolute Gasteiger partial charge is 0.248 e. The van der Waals surface area contributed by atoms with E-state index in [1.807, 2.05) is 51.1 Å². The maximum Gasteiger partial charge on any atom is 0.248 e. The van der Waals surface area contributed by atoms with Crippen LogP contribution in [0.5, 0.6) is 0 Å². The molecule has 0 aliphatic carbocycles. The van der Waals surface area contributed by atoms with Gasteiger partial charge in [0.1, 0.15) is 11.9 Å². The Morgan fingerprint density at radius 2 is 1.76 bits per heavy atom. The lowest BCUT2D eigenvalue weighted by Gasteiger charge is -2.33. The average Bonchev–Trinajstić information content (AvgIpc) is 2.79. The number of nitrogens with zero attached hydrogens (tertiary/aromatic N) is 2. The number of rotatable bonds is 11. The maximum absolute atomic E-state index is 13.3. The SMILES string of the molecule is C[C@@H]([C@@H](CCCc1ccccc1)C(=O)N[C@H](C(=O)Nc1ccccn1)C(C)(C)C)N(O)C=O. The third-order valence-corrected chi connectivity index (χ3v) is 5.60. The van der Waals surface area contributed by atoms with Gasteiger partial charge in [-0.3, -0.25) is 19.6 Å². The molecule has 1 aromatic carbocycles. The zero-order valence-corrected chi connectivity index (χ0v) is 19.7. The molecular weight excluding hydrogens is 420 g/mol. The molecule has 2 rings (SSSR count). The van der Waals surface area contributed by atoms with Crippen LogP contribution in [0, 0.1) is 11.3 Å². The molecule has 0 unspecified atom stereocenters. The van der Waals surface area contributed by atoms with E-state index in [1.165, 1.54) is 0 Å². The van der Waals surface area contributed by atoms with Crippen molar-refractivity contribution in [2.75, 3.05) is 5.32 Å². The molecule has 0 saturated heterocycles. The van der Waals surface area contributed by atoms with Crippen molar-refractivity contribution in [2.45, 2.75) is 59.0 Å². The van der Waals surface area contributed by atoms with E-state index >= 15 is 0 Å². The van der Waals surface area contributed by atoms with Crippen molar-refractivity contribution in [3.63, 3.8) is 0 Å². The van der Waals surface area contributed by atoms with Gasteiger partial charge in [0.05, 0.1) is 12.0 Å². The number of hydrogen-bond acceptors (Lipinski definition) is 5. The summed E-state index contributed by atoms with van der Waals surface area (Å²) < 4.78 is 0. The summed E-state index contributed by atoms with van der Waals surface area (Å²) >= 11 is 0. The number of aryl methyl sites for hydroxylation is 1. The summed E-state index contributed by atoms with van der Waals surface area (Å²) in [6.07, 6.45) is 3.73. The molecule has 2 aromatic rings. The Labute approximate surface area is 195 Å². The first-order valence-electron chi connectivity index (χ1n) is 11.1. The first kappa shape index (κ1) is 26.0. The Morgan fingerprint density at radius 3 is 2.33 bits per heavy atom. The lowest BCUT2D eigenvalue weighted by molar-refractivity contribution is -0.166. The van der Waals surface area contributed by atoms with Crippen LogP contribution in [0.2, 0.25) is 0 Å². The van der Waals surface area contributed by atoms with E-state index in [4.69, 9.17) is 0 Å². The van der Waals surface area contributed by atoms with Gasteiger partial charge >= 0.3 is 0 Å². The van der Waals surface area contributed by atoms with Crippen LogP contribution in [-0.2, 0) is 20.8 Å². The summed E-state index contributed by atoms with van der Waals surface area (Å²) in [7, 11) is 0. The fraction of sp³-hybridized carbons (Fsp3) is 0.440. The molecule has 8 nitrogen and oxygen atoms in total. The molecule has 0 bridgehead atoms. The van der Waals surface area contributed by atoms with Crippen molar-refractivity contribution in [3.8, 4) is 0 Å². The fourth-order valence-corrected chi connectivity index (χ4v) is 3.60. The summed E-state index contributed by atoms with van der Waals surface area (Å²) in [4.78, 5) is 41.5. The normalized spacial score (nSPS) is 14.0. The van der Waals surface area contributed by atoms with Crippen LogP contribution in [0.1, 0.15) is 46.1 Å². The molecule has 3 N–H and O–H groups in total. The van der Waals surface area contributed by atoms with Gasteiger partial charge in [-0.15, -0.1) is 0 Å². The van der Waals surface area contributed by atoms with Gasteiger partial charge in [-0.05, 0) is 49.3 Å². The van der Waals surface area contributed by atoms with Crippen molar-refractivity contribution < 1.29 is 19.6 Å². The second kappa shape index (κ2) is 12.1. The van der Waals surface area contributed by atoms with E-state index < -0.39 is 29.3 Å². The molecule has 0 fully saturated rings. The van der Waals surface area contributed by atoms with Gasteiger partial charge < -0.3 is 10.6 Å². The summed E-state index contributed by atoms with van der Waals surface area (Å²) in [6.45, 7) is 7.18. The quantitative estimate of drug-likeness (QED) is 0.274. The number of amides is 3. The monoisotopic (exact) mass is 454 g/mol. The lowest BCUT2D eigenvalue weighted by atomic mass is 9.84. The molecule has 0 aliphatic heterocycles. The average molecular weight is 455 g/mol. The Kier molecular flexibility index (Phi) is 9.54. The highest BCUT2D eigenvalue weighted by Crippen LogP contribution is 2.23. The van der Waals surface area contributed by atoms with E-state index in [1.54, 1.807) is 31.3 Å². The first-order valence-corrected chi connectivity index (χ1v) is 11.1. The molecular formula is C25H34N4O4. The highest BCUT2D eigenvalue weighted by atomic mass is 16.5. The summed E-state index contributed by atoms with van der Waals surface area (Å²) in [5.74, 6) is -1.09. The second-order valence-electron chi connectivity index (χ2n) is 9.22. The van der Waals surface area contributed by atoms with Crippen molar-refractivity contribution in [2.24, 2.45) is 11.3 Å². The van der Waals surface area contributed by atoms with E-state index in [0.29, 0.717) is 23.7 Å². The minimum absolute atomic E-state index is 0.289. The van der Waals surface area contributed by atoms with Crippen LogP contribution >= 0.6 is 0 Å². The second-order valence-corrected chi connectivity index (χ2v) is 9.22. The largest absolute Gasteiger partial charge is 0.343 e. The highest BCUT2D eigenvalue weighted by Gasteiger charge is 2.36. The van der Waals surface area contributed by atoms with Gasteiger partial charge in [-0.25, -0.2) is 10.0 Å². The number of hydrogen-bond donors (Lipinski definition) is 3. The number of carbonyl (C=O) groups excluding carboxylic acids is 3. The zero-order chi connectivity index (χ0) is 24.4. The molecule has 0 radical (unpaired) electrons. The first-order chi connectivity index (χ1) is 15.6. The molecule has 0 spiro atoms. The molecule has 3 amide bonds. The van der Waals surface area contributed by atoms with Gasteiger partial charge in [0.15, 0.2) is 0 Å². The third kappa shape index (κ3) is 7.98. The predicted molar refractivity (Wildman–Crippen MR) is 126 cm³/mol.